The zero-order valence-corrected chi connectivity index (χ0v) is 16.9. The second kappa shape index (κ2) is 7.59. The van der Waals surface area contributed by atoms with Crippen LogP contribution in [0.15, 0.2) is 60.9 Å². The van der Waals surface area contributed by atoms with Crippen molar-refractivity contribution in [1.82, 2.24) is 29.9 Å². The first kappa shape index (κ1) is 19.2. The van der Waals surface area contributed by atoms with Crippen LogP contribution in [0.4, 0.5) is 8.78 Å². The minimum atomic E-state index is -0.980. The highest BCUT2D eigenvalue weighted by atomic mass is 19.2. The summed E-state index contributed by atoms with van der Waals surface area (Å²) >= 11 is 0. The normalized spacial score (nSPS) is 12.4. The van der Waals surface area contributed by atoms with Crippen LogP contribution in [0, 0.1) is 11.6 Å². The van der Waals surface area contributed by atoms with Gasteiger partial charge in [0.05, 0.1) is 35.9 Å². The lowest BCUT2D eigenvalue weighted by atomic mass is 10.1. The second-order valence-corrected chi connectivity index (χ2v) is 7.37. The van der Waals surface area contributed by atoms with Crippen LogP contribution in [0.25, 0.3) is 34.0 Å². The fraction of sp³-hybridized carbons (Fsp3) is 0.0870. The lowest BCUT2D eigenvalue weighted by Gasteiger charge is -2.07. The Kier molecular flexibility index (Phi) is 4.42. The Labute approximate surface area is 185 Å². The molecule has 3 aliphatic heterocycles. The van der Waals surface area contributed by atoms with E-state index in [1.54, 1.807) is 10.9 Å². The Hall–Kier alpha value is -4.47. The van der Waals surface area contributed by atoms with E-state index in [-0.39, 0.29) is 18.2 Å². The highest BCUT2D eigenvalue weighted by molar-refractivity contribution is 5.66. The standard InChI is InChI=1S/C23H14F2N6O2/c24-16-3-1-2-15(22(16)25)23-27-18-9-26-31(11-19(18)28-23)10-14-5-6-17(30-29-14)13-4-7-20-21(8-13)33-12-32-20/h1-9,11H,10,12H2. The number of ether oxygens (including phenoxy) is 2. The summed E-state index contributed by atoms with van der Waals surface area (Å²) in [5, 5.41) is 12.9. The minimum absolute atomic E-state index is 0.00252. The van der Waals surface area contributed by atoms with Crippen molar-refractivity contribution in [3.63, 3.8) is 0 Å². The molecule has 0 atom stereocenters. The molecule has 0 bridgehead atoms. The Morgan fingerprint density at radius 1 is 0.879 bits per heavy atom. The van der Waals surface area contributed by atoms with Gasteiger partial charge in [0.2, 0.25) is 6.79 Å². The van der Waals surface area contributed by atoms with Crippen molar-refractivity contribution in [2.75, 3.05) is 6.79 Å². The van der Waals surface area contributed by atoms with E-state index in [9.17, 15) is 8.78 Å². The van der Waals surface area contributed by atoms with Crippen LogP contribution in [0.2, 0.25) is 0 Å². The molecule has 2 aromatic carbocycles. The topological polar surface area (TPSA) is 87.8 Å². The van der Waals surface area contributed by atoms with Gasteiger partial charge in [-0.25, -0.2) is 18.7 Å². The van der Waals surface area contributed by atoms with Crippen LogP contribution in [0.3, 0.4) is 0 Å². The van der Waals surface area contributed by atoms with Crippen LogP contribution in [-0.2, 0) is 6.54 Å². The number of aromatic nitrogens is 6. The number of halogens is 2. The van der Waals surface area contributed by atoms with Gasteiger partial charge in [0.1, 0.15) is 11.4 Å². The molecule has 3 aliphatic rings. The second-order valence-electron chi connectivity index (χ2n) is 7.37. The zero-order chi connectivity index (χ0) is 22.4. The average Bonchev–Trinajstić information content (AvgIpc) is 3.47. The molecule has 0 amide bonds. The molecule has 1 aromatic heterocycles. The molecule has 4 heterocycles. The molecule has 0 saturated heterocycles. The number of hydrogen-bond donors (Lipinski definition) is 0. The first-order chi connectivity index (χ1) is 16.1. The van der Waals surface area contributed by atoms with E-state index in [1.807, 2.05) is 30.3 Å². The van der Waals surface area contributed by atoms with E-state index in [1.165, 1.54) is 18.3 Å². The first-order valence-electron chi connectivity index (χ1n) is 10.0. The molecule has 0 aliphatic carbocycles. The largest absolute Gasteiger partial charge is 0.454 e. The van der Waals surface area contributed by atoms with Gasteiger partial charge in [-0.15, -0.1) is 0 Å². The van der Waals surface area contributed by atoms with Gasteiger partial charge in [-0.3, -0.25) is 4.68 Å². The molecule has 0 N–H and O–H groups in total. The van der Waals surface area contributed by atoms with Gasteiger partial charge in [0.15, 0.2) is 29.0 Å². The molecule has 0 fully saturated rings. The molecule has 3 aromatic rings. The van der Waals surface area contributed by atoms with Gasteiger partial charge < -0.3 is 9.47 Å². The summed E-state index contributed by atoms with van der Waals surface area (Å²) in [5.74, 6) is -0.432. The molecule has 6 rings (SSSR count). The van der Waals surface area contributed by atoms with Crippen molar-refractivity contribution in [3.8, 4) is 45.5 Å². The summed E-state index contributed by atoms with van der Waals surface area (Å²) in [4.78, 5) is 8.59. The summed E-state index contributed by atoms with van der Waals surface area (Å²) < 4.78 is 40.0. The van der Waals surface area contributed by atoms with Gasteiger partial charge in [-0.05, 0) is 42.5 Å². The maximum Gasteiger partial charge on any atom is 0.231 e. The number of hydrogen-bond acceptors (Lipinski definition) is 7. The van der Waals surface area contributed by atoms with E-state index in [0.29, 0.717) is 40.8 Å². The summed E-state index contributed by atoms with van der Waals surface area (Å²) in [5.41, 5.74) is 3.25. The highest BCUT2D eigenvalue weighted by Gasteiger charge is 2.18. The van der Waals surface area contributed by atoms with Crippen molar-refractivity contribution in [1.29, 1.82) is 0 Å². The first-order valence-corrected chi connectivity index (χ1v) is 10.0. The summed E-state index contributed by atoms with van der Waals surface area (Å²) in [6.07, 6.45) is 3.20. The fourth-order valence-corrected chi connectivity index (χ4v) is 3.56. The maximum absolute atomic E-state index is 14.1. The summed E-state index contributed by atoms with van der Waals surface area (Å²) in [6, 6.07) is 13.2. The van der Waals surface area contributed by atoms with Crippen LogP contribution in [0.1, 0.15) is 5.69 Å². The number of rotatable bonds is 4. The average molecular weight is 444 g/mol. The molecule has 162 valence electrons. The molecule has 0 unspecified atom stereocenters. The fourth-order valence-electron chi connectivity index (χ4n) is 3.56. The Morgan fingerprint density at radius 2 is 1.76 bits per heavy atom. The molecular weight excluding hydrogens is 430 g/mol. The smallest absolute Gasteiger partial charge is 0.231 e. The summed E-state index contributed by atoms with van der Waals surface area (Å²) in [6.45, 7) is 0.561. The van der Waals surface area contributed by atoms with Gasteiger partial charge in [0.25, 0.3) is 0 Å². The van der Waals surface area contributed by atoms with Gasteiger partial charge >= 0.3 is 0 Å². The Balaban J connectivity index is 1.24. The molecule has 0 saturated carbocycles. The van der Waals surface area contributed by atoms with Gasteiger partial charge in [0, 0.05) is 5.56 Å². The molecule has 10 heteroatoms. The lowest BCUT2D eigenvalue weighted by molar-refractivity contribution is 0.174. The monoisotopic (exact) mass is 444 g/mol. The lowest BCUT2D eigenvalue weighted by Crippen LogP contribution is -2.07. The minimum Gasteiger partial charge on any atom is -0.454 e. The van der Waals surface area contributed by atoms with Gasteiger partial charge in [-0.1, -0.05) is 6.07 Å². The van der Waals surface area contributed by atoms with Crippen LogP contribution in [0.5, 0.6) is 11.5 Å². The third-order valence-corrected chi connectivity index (χ3v) is 5.22. The molecule has 0 radical (unpaired) electrons. The van der Waals surface area contributed by atoms with Gasteiger partial charge in [-0.2, -0.15) is 15.3 Å². The highest BCUT2D eigenvalue weighted by Crippen LogP contribution is 2.35. The zero-order valence-electron chi connectivity index (χ0n) is 16.9. The molecule has 0 spiro atoms. The number of imidazole rings is 1. The maximum atomic E-state index is 14.1. The number of nitrogens with zero attached hydrogens (tertiary/aromatic N) is 6. The van der Waals surface area contributed by atoms with Crippen LogP contribution in [-0.4, -0.2) is 36.7 Å². The molecule has 8 nitrogen and oxygen atoms in total. The number of benzene rings is 2. The summed E-state index contributed by atoms with van der Waals surface area (Å²) in [7, 11) is 0. The Morgan fingerprint density at radius 3 is 2.64 bits per heavy atom. The van der Waals surface area contributed by atoms with E-state index in [0.717, 1.165) is 11.6 Å². The Bertz CT molecular complexity index is 1450. The van der Waals surface area contributed by atoms with Crippen molar-refractivity contribution in [2.24, 2.45) is 0 Å². The van der Waals surface area contributed by atoms with Crippen molar-refractivity contribution in [3.05, 3.63) is 78.3 Å². The van der Waals surface area contributed by atoms with E-state index >= 15 is 0 Å². The van der Waals surface area contributed by atoms with E-state index < -0.39 is 11.6 Å². The molecule has 33 heavy (non-hydrogen) atoms. The van der Waals surface area contributed by atoms with E-state index in [4.69, 9.17) is 9.47 Å². The SMILES string of the molecule is Fc1cccc(-c2nc3cnn(Cc4ccc(-c5ccc6c(c5)OCO6)nn4)cc-3n2)c1F. The predicted molar refractivity (Wildman–Crippen MR) is 112 cm³/mol. The quantitative estimate of drug-likeness (QED) is 0.415. The van der Waals surface area contributed by atoms with Crippen molar-refractivity contribution < 1.29 is 18.3 Å². The molecular formula is C23H14F2N6O2. The van der Waals surface area contributed by atoms with Crippen LogP contribution >= 0.6 is 0 Å². The predicted octanol–water partition coefficient (Wildman–Crippen LogP) is 3.96. The van der Waals surface area contributed by atoms with Crippen molar-refractivity contribution >= 4 is 0 Å². The van der Waals surface area contributed by atoms with E-state index in [2.05, 4.69) is 25.3 Å². The van der Waals surface area contributed by atoms with Crippen LogP contribution < -0.4 is 9.47 Å². The number of fused-ring (bicyclic) bond motifs is 2. The third kappa shape index (κ3) is 3.51. The van der Waals surface area contributed by atoms with Crippen molar-refractivity contribution in [2.45, 2.75) is 6.54 Å². The third-order valence-electron chi connectivity index (χ3n) is 5.22.